The summed E-state index contributed by atoms with van der Waals surface area (Å²) in [6.07, 6.45) is 12.3. The second-order valence-electron chi connectivity index (χ2n) is 3.11. The number of allylic oxidation sites excluding steroid dienone is 8. The van der Waals surface area contributed by atoms with Crippen LogP contribution in [0.3, 0.4) is 0 Å². The van der Waals surface area contributed by atoms with Gasteiger partial charge in [-0.05, 0) is 24.0 Å². The summed E-state index contributed by atoms with van der Waals surface area (Å²) in [4.78, 5) is 0. The standard InChI is InChI=1S/C11H11F.Ti/c12-11(9-5-1-2-6-9)10-7-3-4-8-10;/h1-5,7,11H,6,8H2;. The molecule has 0 aliphatic heterocycles. The van der Waals surface area contributed by atoms with Gasteiger partial charge in [-0.3, -0.25) is 0 Å². The predicted molar refractivity (Wildman–Crippen MR) is 48.6 cm³/mol. The van der Waals surface area contributed by atoms with Gasteiger partial charge in [0.15, 0.2) is 0 Å². The van der Waals surface area contributed by atoms with Crippen LogP contribution in [0.1, 0.15) is 12.8 Å². The van der Waals surface area contributed by atoms with Gasteiger partial charge in [0.2, 0.25) is 0 Å². The Morgan fingerprint density at radius 1 is 1.00 bits per heavy atom. The first-order chi connectivity index (χ1) is 5.88. The van der Waals surface area contributed by atoms with E-state index in [4.69, 9.17) is 0 Å². The molecule has 2 aliphatic carbocycles. The fraction of sp³-hybridized carbons (Fsp3) is 0.273. The van der Waals surface area contributed by atoms with Crippen LogP contribution in [0.15, 0.2) is 47.6 Å². The third-order valence-electron chi connectivity index (χ3n) is 2.25. The molecule has 0 aromatic carbocycles. The average molecular weight is 210 g/mol. The van der Waals surface area contributed by atoms with Gasteiger partial charge in [-0.2, -0.15) is 0 Å². The minimum Gasteiger partial charge on any atom is -0.238 e. The van der Waals surface area contributed by atoms with Crippen molar-refractivity contribution in [3.63, 3.8) is 0 Å². The summed E-state index contributed by atoms with van der Waals surface area (Å²) in [5, 5.41) is 0. The van der Waals surface area contributed by atoms with Crippen LogP contribution in [0, 0.1) is 0 Å². The maximum atomic E-state index is 13.6. The molecule has 0 aromatic heterocycles. The maximum absolute atomic E-state index is 13.6. The molecule has 13 heavy (non-hydrogen) atoms. The molecule has 0 amide bonds. The van der Waals surface area contributed by atoms with Gasteiger partial charge in [0.05, 0.1) is 0 Å². The van der Waals surface area contributed by atoms with Crippen molar-refractivity contribution in [3.05, 3.63) is 47.6 Å². The summed E-state index contributed by atoms with van der Waals surface area (Å²) >= 11 is 0. The third-order valence-corrected chi connectivity index (χ3v) is 2.25. The maximum Gasteiger partial charge on any atom is 0.143 e. The molecule has 0 heterocycles. The van der Waals surface area contributed by atoms with Crippen molar-refractivity contribution >= 4 is 0 Å². The molecule has 0 saturated carbocycles. The molecule has 0 saturated heterocycles. The van der Waals surface area contributed by atoms with Crippen LogP contribution >= 0.6 is 0 Å². The van der Waals surface area contributed by atoms with Crippen molar-refractivity contribution < 1.29 is 26.1 Å². The fourth-order valence-corrected chi connectivity index (χ4v) is 1.54. The van der Waals surface area contributed by atoms with Crippen LogP contribution in [0.4, 0.5) is 4.39 Å². The molecule has 0 atom stereocenters. The van der Waals surface area contributed by atoms with Crippen LogP contribution in [0.5, 0.6) is 0 Å². The molecule has 0 aromatic rings. The molecule has 0 radical (unpaired) electrons. The second kappa shape index (κ2) is 4.73. The van der Waals surface area contributed by atoms with Gasteiger partial charge >= 0.3 is 0 Å². The van der Waals surface area contributed by atoms with Gasteiger partial charge in [0.1, 0.15) is 6.17 Å². The van der Waals surface area contributed by atoms with Crippen LogP contribution in [-0.4, -0.2) is 6.17 Å². The molecule has 0 nitrogen and oxygen atoms in total. The van der Waals surface area contributed by atoms with Gasteiger partial charge in [-0.25, -0.2) is 4.39 Å². The predicted octanol–water partition coefficient (Wildman–Crippen LogP) is 3.09. The van der Waals surface area contributed by atoms with Gasteiger partial charge in [0.25, 0.3) is 0 Å². The molecule has 0 bridgehead atoms. The Hall–Kier alpha value is -0.396. The van der Waals surface area contributed by atoms with Gasteiger partial charge in [-0.1, -0.05) is 36.5 Å². The first-order valence-corrected chi connectivity index (χ1v) is 4.23. The largest absolute Gasteiger partial charge is 0.238 e. The monoisotopic (exact) mass is 210 g/mol. The molecule has 0 fully saturated rings. The zero-order valence-corrected chi connectivity index (χ0v) is 8.90. The summed E-state index contributed by atoms with van der Waals surface area (Å²) < 4.78 is 13.6. The van der Waals surface area contributed by atoms with Crippen LogP contribution < -0.4 is 0 Å². The summed E-state index contributed by atoms with van der Waals surface area (Å²) in [6, 6.07) is 0. The zero-order valence-electron chi connectivity index (χ0n) is 7.33. The number of halogens is 1. The SMILES string of the molecule is FC(C1=CC=CC1)C1=CC=CC1.[Ti]. The van der Waals surface area contributed by atoms with E-state index in [1.54, 1.807) is 0 Å². The zero-order chi connectivity index (χ0) is 8.39. The number of alkyl halides is 1. The number of hydrogen-bond donors (Lipinski definition) is 0. The Kier molecular flexibility index (Phi) is 3.89. The van der Waals surface area contributed by atoms with E-state index in [1.165, 1.54) is 0 Å². The average Bonchev–Trinajstić information content (AvgIpc) is 2.77. The number of rotatable bonds is 2. The molecule has 0 spiro atoms. The number of hydrogen-bond acceptors (Lipinski definition) is 0. The molecule has 66 valence electrons. The van der Waals surface area contributed by atoms with Crippen LogP contribution in [0.25, 0.3) is 0 Å². The van der Waals surface area contributed by atoms with E-state index >= 15 is 0 Å². The minimum atomic E-state index is -0.852. The van der Waals surface area contributed by atoms with Gasteiger partial charge in [-0.15, -0.1) is 0 Å². The Balaban J connectivity index is 0.000000845. The summed E-state index contributed by atoms with van der Waals surface area (Å²) in [5.41, 5.74) is 1.79. The van der Waals surface area contributed by atoms with Gasteiger partial charge in [0, 0.05) is 21.7 Å². The van der Waals surface area contributed by atoms with Crippen molar-refractivity contribution in [1.29, 1.82) is 0 Å². The van der Waals surface area contributed by atoms with Crippen LogP contribution in [-0.2, 0) is 21.7 Å². The molecule has 0 unspecified atom stereocenters. The first-order valence-electron chi connectivity index (χ1n) is 4.23. The van der Waals surface area contributed by atoms with Crippen molar-refractivity contribution in [2.24, 2.45) is 0 Å². The topological polar surface area (TPSA) is 0 Å². The quantitative estimate of drug-likeness (QED) is 0.614. The van der Waals surface area contributed by atoms with E-state index in [-0.39, 0.29) is 21.7 Å². The van der Waals surface area contributed by atoms with Crippen molar-refractivity contribution in [1.82, 2.24) is 0 Å². The van der Waals surface area contributed by atoms with E-state index in [0.717, 1.165) is 24.0 Å². The fourth-order valence-electron chi connectivity index (χ4n) is 1.54. The Bertz CT molecular complexity index is 267. The van der Waals surface area contributed by atoms with Crippen molar-refractivity contribution in [2.75, 3.05) is 0 Å². The minimum absolute atomic E-state index is 0. The Morgan fingerprint density at radius 3 is 1.77 bits per heavy atom. The van der Waals surface area contributed by atoms with E-state index in [0.29, 0.717) is 0 Å². The summed E-state index contributed by atoms with van der Waals surface area (Å²) in [6.45, 7) is 0. The van der Waals surface area contributed by atoms with Crippen molar-refractivity contribution in [3.8, 4) is 0 Å². The summed E-state index contributed by atoms with van der Waals surface area (Å²) in [7, 11) is 0. The van der Waals surface area contributed by atoms with E-state index in [2.05, 4.69) is 0 Å². The molecule has 0 N–H and O–H groups in total. The molecule has 2 heteroatoms. The smallest absolute Gasteiger partial charge is 0.143 e. The normalized spacial score (nSPS) is 18.9. The second-order valence-corrected chi connectivity index (χ2v) is 3.11. The summed E-state index contributed by atoms with van der Waals surface area (Å²) in [5.74, 6) is 0. The Labute approximate surface area is 92.8 Å². The first kappa shape index (κ1) is 10.7. The molecular formula is C11H11FTi. The van der Waals surface area contributed by atoms with Crippen LogP contribution in [0.2, 0.25) is 0 Å². The van der Waals surface area contributed by atoms with E-state index < -0.39 is 6.17 Å². The van der Waals surface area contributed by atoms with E-state index in [1.807, 2.05) is 36.5 Å². The molecule has 2 rings (SSSR count). The van der Waals surface area contributed by atoms with E-state index in [9.17, 15) is 4.39 Å². The Morgan fingerprint density at radius 2 is 1.46 bits per heavy atom. The van der Waals surface area contributed by atoms with Crippen molar-refractivity contribution in [2.45, 2.75) is 19.0 Å². The third kappa shape index (κ3) is 2.29. The van der Waals surface area contributed by atoms with Gasteiger partial charge < -0.3 is 0 Å². The molecule has 2 aliphatic rings. The molecular weight excluding hydrogens is 199 g/mol.